The number of amides is 3. The van der Waals surface area contributed by atoms with Gasteiger partial charge in [-0.15, -0.1) is 11.3 Å². The van der Waals surface area contributed by atoms with E-state index >= 15 is 0 Å². The predicted molar refractivity (Wildman–Crippen MR) is 108 cm³/mol. The van der Waals surface area contributed by atoms with E-state index in [1.165, 1.54) is 11.3 Å². The molecule has 0 saturated carbocycles. The van der Waals surface area contributed by atoms with E-state index in [1.54, 1.807) is 19.1 Å². The molecule has 0 aliphatic rings. The van der Waals surface area contributed by atoms with Gasteiger partial charge in [-0.3, -0.25) is 14.4 Å². The van der Waals surface area contributed by atoms with Crippen LogP contribution >= 0.6 is 11.3 Å². The number of rotatable bonds is 8. The molecule has 0 spiro atoms. The van der Waals surface area contributed by atoms with Crippen molar-refractivity contribution in [1.82, 2.24) is 10.6 Å². The molecule has 3 N–H and O–H groups in total. The van der Waals surface area contributed by atoms with Crippen molar-refractivity contribution in [2.45, 2.75) is 39.8 Å². The average Bonchev–Trinajstić information content (AvgIpc) is 3.20. The van der Waals surface area contributed by atoms with Gasteiger partial charge in [0.25, 0.3) is 5.91 Å². The summed E-state index contributed by atoms with van der Waals surface area (Å²) in [6, 6.07) is 10.2. The Morgan fingerprint density at radius 1 is 1.07 bits per heavy atom. The van der Waals surface area contributed by atoms with Gasteiger partial charge in [-0.1, -0.05) is 32.0 Å². The maximum atomic E-state index is 12.2. The molecule has 2 aromatic rings. The first-order valence-corrected chi connectivity index (χ1v) is 9.80. The number of thiophene rings is 1. The molecule has 0 aliphatic heterocycles. The van der Waals surface area contributed by atoms with Crippen molar-refractivity contribution in [3.8, 4) is 0 Å². The molecule has 27 heavy (non-hydrogen) atoms. The first-order valence-electron chi connectivity index (χ1n) is 8.92. The summed E-state index contributed by atoms with van der Waals surface area (Å²) in [6.45, 7) is 5.80. The van der Waals surface area contributed by atoms with Crippen molar-refractivity contribution < 1.29 is 14.4 Å². The fourth-order valence-electron chi connectivity index (χ4n) is 2.29. The third-order valence-corrected chi connectivity index (χ3v) is 5.08. The molecule has 0 aliphatic carbocycles. The molecule has 6 nitrogen and oxygen atoms in total. The number of hydrogen-bond acceptors (Lipinski definition) is 4. The third kappa shape index (κ3) is 6.21. The minimum Gasteiger partial charge on any atom is -0.350 e. The van der Waals surface area contributed by atoms with Gasteiger partial charge >= 0.3 is 0 Å². The van der Waals surface area contributed by atoms with Crippen LogP contribution in [0.3, 0.4) is 0 Å². The molecular formula is C20H25N3O3S. The highest BCUT2D eigenvalue weighted by Gasteiger charge is 2.17. The van der Waals surface area contributed by atoms with E-state index in [2.05, 4.69) is 16.0 Å². The lowest BCUT2D eigenvalue weighted by Gasteiger charge is -2.14. The molecule has 144 valence electrons. The Bertz CT molecular complexity index is 790. The summed E-state index contributed by atoms with van der Waals surface area (Å²) in [5, 5.41) is 10.2. The highest BCUT2D eigenvalue weighted by molar-refractivity contribution is 7.12. The van der Waals surface area contributed by atoms with Crippen LogP contribution in [-0.4, -0.2) is 23.8 Å². The Kier molecular flexibility index (Phi) is 7.55. The normalized spacial score (nSPS) is 12.7. The van der Waals surface area contributed by atoms with Crippen molar-refractivity contribution in [2.24, 2.45) is 5.92 Å². The fraction of sp³-hybridized carbons (Fsp3) is 0.350. The summed E-state index contributed by atoms with van der Waals surface area (Å²) < 4.78 is 0. The van der Waals surface area contributed by atoms with Crippen LogP contribution in [-0.2, 0) is 16.1 Å². The largest absolute Gasteiger partial charge is 0.350 e. The topological polar surface area (TPSA) is 87.3 Å². The maximum absolute atomic E-state index is 12.2. The Hall–Kier alpha value is -2.67. The Balaban J connectivity index is 1.86. The standard InChI is InChI=1S/C20H25N3O3S/c1-4-13(2)18(24)23-16-8-5-7-15(11-16)12-21-19(25)14(3)22-20(26)17-9-6-10-27-17/h5-11,13-14H,4,12H2,1-3H3,(H,21,25)(H,22,26)(H,23,24). The SMILES string of the molecule is CCC(C)C(=O)Nc1cccc(CNC(=O)C(C)NC(=O)c2cccs2)c1. The van der Waals surface area contributed by atoms with Gasteiger partial charge in [0.1, 0.15) is 6.04 Å². The van der Waals surface area contributed by atoms with E-state index in [0.717, 1.165) is 12.0 Å². The van der Waals surface area contributed by atoms with Gasteiger partial charge in [-0.2, -0.15) is 0 Å². The van der Waals surface area contributed by atoms with Crippen LogP contribution in [0.2, 0.25) is 0 Å². The molecule has 7 heteroatoms. The second-order valence-electron chi connectivity index (χ2n) is 6.39. The molecule has 0 bridgehead atoms. The zero-order valence-corrected chi connectivity index (χ0v) is 16.6. The molecule has 0 fully saturated rings. The number of nitrogens with one attached hydrogen (secondary N) is 3. The van der Waals surface area contributed by atoms with E-state index < -0.39 is 6.04 Å². The zero-order chi connectivity index (χ0) is 19.8. The highest BCUT2D eigenvalue weighted by atomic mass is 32.1. The first kappa shape index (κ1) is 20.6. The number of benzene rings is 1. The Morgan fingerprint density at radius 3 is 2.52 bits per heavy atom. The minimum absolute atomic E-state index is 0.0244. The van der Waals surface area contributed by atoms with Gasteiger partial charge in [0.2, 0.25) is 11.8 Å². The molecular weight excluding hydrogens is 362 g/mol. The molecule has 0 saturated heterocycles. The summed E-state index contributed by atoms with van der Waals surface area (Å²) in [5.74, 6) is -0.610. The van der Waals surface area contributed by atoms with E-state index in [4.69, 9.17) is 0 Å². The third-order valence-electron chi connectivity index (χ3n) is 4.21. The molecule has 1 aromatic heterocycles. The van der Waals surface area contributed by atoms with Crippen molar-refractivity contribution in [2.75, 3.05) is 5.32 Å². The van der Waals surface area contributed by atoms with Crippen LogP contribution in [0.5, 0.6) is 0 Å². The fourth-order valence-corrected chi connectivity index (χ4v) is 2.92. The lowest BCUT2D eigenvalue weighted by Crippen LogP contribution is -2.44. The summed E-state index contributed by atoms with van der Waals surface area (Å²) in [4.78, 5) is 36.8. The van der Waals surface area contributed by atoms with Crippen LogP contribution in [0.4, 0.5) is 5.69 Å². The highest BCUT2D eigenvalue weighted by Crippen LogP contribution is 2.13. The van der Waals surface area contributed by atoms with Crippen LogP contribution in [0.1, 0.15) is 42.4 Å². The zero-order valence-electron chi connectivity index (χ0n) is 15.7. The minimum atomic E-state index is -0.645. The van der Waals surface area contributed by atoms with Gasteiger partial charge in [-0.25, -0.2) is 0 Å². The average molecular weight is 388 g/mol. The summed E-state index contributed by atoms with van der Waals surface area (Å²) in [5.41, 5.74) is 1.56. The van der Waals surface area contributed by atoms with Crippen LogP contribution in [0.25, 0.3) is 0 Å². The van der Waals surface area contributed by atoms with Gasteiger partial charge in [0, 0.05) is 18.2 Å². The molecule has 1 heterocycles. The van der Waals surface area contributed by atoms with Gasteiger partial charge in [-0.05, 0) is 42.5 Å². The first-order chi connectivity index (χ1) is 12.9. The van der Waals surface area contributed by atoms with E-state index in [1.807, 2.05) is 43.5 Å². The Labute approximate surface area is 163 Å². The van der Waals surface area contributed by atoms with Gasteiger partial charge in [0.15, 0.2) is 0 Å². The van der Waals surface area contributed by atoms with Gasteiger partial charge in [0.05, 0.1) is 4.88 Å². The number of anilines is 1. The number of hydrogen-bond donors (Lipinski definition) is 3. The van der Waals surface area contributed by atoms with Crippen molar-refractivity contribution in [3.05, 3.63) is 52.2 Å². The van der Waals surface area contributed by atoms with Crippen molar-refractivity contribution >= 4 is 34.7 Å². The summed E-state index contributed by atoms with van der Waals surface area (Å²) >= 11 is 1.33. The molecule has 2 atom stereocenters. The summed E-state index contributed by atoms with van der Waals surface area (Å²) in [7, 11) is 0. The molecule has 3 amide bonds. The lowest BCUT2D eigenvalue weighted by molar-refractivity contribution is -0.122. The van der Waals surface area contributed by atoms with Gasteiger partial charge < -0.3 is 16.0 Å². The quantitative estimate of drug-likeness (QED) is 0.650. The van der Waals surface area contributed by atoms with Crippen molar-refractivity contribution in [3.63, 3.8) is 0 Å². The monoisotopic (exact) mass is 387 g/mol. The molecule has 0 radical (unpaired) electrons. The van der Waals surface area contributed by atoms with E-state index in [9.17, 15) is 14.4 Å². The smallest absolute Gasteiger partial charge is 0.261 e. The Morgan fingerprint density at radius 2 is 1.85 bits per heavy atom. The van der Waals surface area contributed by atoms with Crippen LogP contribution in [0, 0.1) is 5.92 Å². The van der Waals surface area contributed by atoms with E-state index in [0.29, 0.717) is 17.1 Å². The van der Waals surface area contributed by atoms with Crippen LogP contribution in [0.15, 0.2) is 41.8 Å². The summed E-state index contributed by atoms with van der Waals surface area (Å²) in [6.07, 6.45) is 0.774. The van der Waals surface area contributed by atoms with E-state index in [-0.39, 0.29) is 23.6 Å². The number of carbonyl (C=O) groups excluding carboxylic acids is 3. The molecule has 2 unspecified atom stereocenters. The molecule has 2 rings (SSSR count). The number of carbonyl (C=O) groups is 3. The molecule has 1 aromatic carbocycles. The van der Waals surface area contributed by atoms with Crippen molar-refractivity contribution in [1.29, 1.82) is 0 Å². The maximum Gasteiger partial charge on any atom is 0.261 e. The lowest BCUT2D eigenvalue weighted by atomic mass is 10.1. The second kappa shape index (κ2) is 9.87. The second-order valence-corrected chi connectivity index (χ2v) is 7.34. The predicted octanol–water partition coefficient (Wildman–Crippen LogP) is 3.17. The van der Waals surface area contributed by atoms with Crippen LogP contribution < -0.4 is 16.0 Å².